The van der Waals surface area contributed by atoms with Crippen molar-refractivity contribution in [3.63, 3.8) is 0 Å². The summed E-state index contributed by atoms with van der Waals surface area (Å²) in [4.78, 5) is 0. The Balaban J connectivity index is 1.63. The molecule has 0 fully saturated rings. The zero-order valence-corrected chi connectivity index (χ0v) is 18.2. The fourth-order valence-electron chi connectivity index (χ4n) is 2.46. The number of rotatable bonds is 9. The number of ether oxygens (including phenoxy) is 4. The standard InChI is InChI=1S/C19H18Cl2N2O5S/c1-24-15-8-11(9-16(25-2)17(15)26-3)18-22-23-19(28-18)29-7-6-27-14-5-4-12(20)10-13(14)21/h4-5,8-10H,6-7H2,1-3H3. The van der Waals surface area contributed by atoms with E-state index in [1.807, 2.05) is 0 Å². The molecule has 0 aliphatic heterocycles. The minimum Gasteiger partial charge on any atom is -0.493 e. The molecule has 3 aromatic rings. The third-order valence-corrected chi connectivity index (χ3v) is 5.09. The van der Waals surface area contributed by atoms with Gasteiger partial charge in [-0.1, -0.05) is 35.0 Å². The Morgan fingerprint density at radius 2 is 1.66 bits per heavy atom. The molecule has 1 heterocycles. The maximum atomic E-state index is 6.08. The average Bonchev–Trinajstić information content (AvgIpc) is 3.20. The molecule has 0 N–H and O–H groups in total. The molecule has 0 saturated carbocycles. The van der Waals surface area contributed by atoms with Gasteiger partial charge in [0.25, 0.3) is 5.22 Å². The van der Waals surface area contributed by atoms with Crippen molar-refractivity contribution >= 4 is 35.0 Å². The minimum absolute atomic E-state index is 0.341. The van der Waals surface area contributed by atoms with E-state index in [1.165, 1.54) is 11.8 Å². The van der Waals surface area contributed by atoms with Gasteiger partial charge in [0, 0.05) is 16.3 Å². The fraction of sp³-hybridized carbons (Fsp3) is 0.263. The van der Waals surface area contributed by atoms with Crippen LogP contribution in [0, 0.1) is 0 Å². The highest BCUT2D eigenvalue weighted by Crippen LogP contribution is 2.41. The van der Waals surface area contributed by atoms with Crippen LogP contribution in [-0.2, 0) is 0 Å². The fourth-order valence-corrected chi connectivity index (χ4v) is 3.50. The highest BCUT2D eigenvalue weighted by molar-refractivity contribution is 7.99. The van der Waals surface area contributed by atoms with Crippen LogP contribution in [0.1, 0.15) is 0 Å². The maximum Gasteiger partial charge on any atom is 0.276 e. The van der Waals surface area contributed by atoms with Gasteiger partial charge in [-0.05, 0) is 30.3 Å². The lowest BCUT2D eigenvalue weighted by Crippen LogP contribution is -2.00. The summed E-state index contributed by atoms with van der Waals surface area (Å²) in [5, 5.41) is 9.58. The molecule has 0 spiro atoms. The molecule has 10 heteroatoms. The first-order chi connectivity index (χ1) is 14.0. The van der Waals surface area contributed by atoms with Crippen molar-refractivity contribution in [2.24, 2.45) is 0 Å². The summed E-state index contributed by atoms with van der Waals surface area (Å²) >= 11 is 13.3. The monoisotopic (exact) mass is 456 g/mol. The van der Waals surface area contributed by atoms with Gasteiger partial charge in [-0.25, -0.2) is 0 Å². The lowest BCUT2D eigenvalue weighted by atomic mass is 10.2. The largest absolute Gasteiger partial charge is 0.493 e. The van der Waals surface area contributed by atoms with Crippen molar-refractivity contribution in [3.05, 3.63) is 40.4 Å². The molecule has 0 amide bonds. The van der Waals surface area contributed by atoms with E-state index in [1.54, 1.807) is 51.7 Å². The number of nitrogens with zero attached hydrogens (tertiary/aromatic N) is 2. The van der Waals surface area contributed by atoms with Crippen LogP contribution in [0.25, 0.3) is 11.5 Å². The molecule has 0 atom stereocenters. The molecule has 0 bridgehead atoms. The van der Waals surface area contributed by atoms with E-state index in [9.17, 15) is 0 Å². The van der Waals surface area contributed by atoms with E-state index in [0.717, 1.165) is 0 Å². The highest BCUT2D eigenvalue weighted by Gasteiger charge is 2.17. The van der Waals surface area contributed by atoms with Crippen molar-refractivity contribution < 1.29 is 23.4 Å². The predicted molar refractivity (Wildman–Crippen MR) is 112 cm³/mol. The summed E-state index contributed by atoms with van der Waals surface area (Å²) in [6.45, 7) is 0.411. The van der Waals surface area contributed by atoms with Gasteiger partial charge in [0.05, 0.1) is 33.0 Å². The van der Waals surface area contributed by atoms with Crippen LogP contribution in [0.3, 0.4) is 0 Å². The molecular formula is C19H18Cl2N2O5S. The summed E-state index contributed by atoms with van der Waals surface area (Å²) in [5.74, 6) is 3.00. The van der Waals surface area contributed by atoms with Crippen LogP contribution in [0.15, 0.2) is 40.0 Å². The SMILES string of the molecule is COc1cc(-c2nnc(SCCOc3ccc(Cl)cc3Cl)o2)cc(OC)c1OC. The van der Waals surface area contributed by atoms with Gasteiger partial charge in [0.2, 0.25) is 11.6 Å². The number of methoxy groups -OCH3 is 3. The molecule has 3 rings (SSSR count). The Labute approximate surface area is 182 Å². The van der Waals surface area contributed by atoms with Crippen LogP contribution in [0.4, 0.5) is 0 Å². The second-order valence-corrected chi connectivity index (χ2v) is 7.45. The second-order valence-electron chi connectivity index (χ2n) is 5.56. The molecule has 0 unspecified atom stereocenters. The lowest BCUT2D eigenvalue weighted by molar-refractivity contribution is 0.324. The smallest absolute Gasteiger partial charge is 0.276 e. The van der Waals surface area contributed by atoms with Gasteiger partial charge in [-0.3, -0.25) is 0 Å². The van der Waals surface area contributed by atoms with E-state index in [-0.39, 0.29) is 0 Å². The summed E-state index contributed by atoms with van der Waals surface area (Å²) in [6.07, 6.45) is 0. The van der Waals surface area contributed by atoms with Gasteiger partial charge < -0.3 is 23.4 Å². The Kier molecular flexibility index (Phi) is 7.35. The van der Waals surface area contributed by atoms with Gasteiger partial charge in [0.15, 0.2) is 11.5 Å². The van der Waals surface area contributed by atoms with E-state index >= 15 is 0 Å². The predicted octanol–water partition coefficient (Wildman–Crippen LogP) is 5.24. The molecule has 0 saturated heterocycles. The quantitative estimate of drug-likeness (QED) is 0.319. The molecular weight excluding hydrogens is 439 g/mol. The zero-order chi connectivity index (χ0) is 20.8. The summed E-state index contributed by atoms with van der Waals surface area (Å²) in [6, 6.07) is 8.57. The second kappa shape index (κ2) is 9.96. The lowest BCUT2D eigenvalue weighted by Gasteiger charge is -2.12. The zero-order valence-electron chi connectivity index (χ0n) is 15.9. The summed E-state index contributed by atoms with van der Waals surface area (Å²) < 4.78 is 27.4. The van der Waals surface area contributed by atoms with Gasteiger partial charge in [-0.15, -0.1) is 10.2 Å². The number of aromatic nitrogens is 2. The van der Waals surface area contributed by atoms with Crippen molar-refractivity contribution in [1.82, 2.24) is 10.2 Å². The average molecular weight is 457 g/mol. The molecule has 7 nitrogen and oxygen atoms in total. The third kappa shape index (κ3) is 5.20. The van der Waals surface area contributed by atoms with Crippen LogP contribution >= 0.6 is 35.0 Å². The molecule has 0 aliphatic rings. The molecule has 154 valence electrons. The first-order valence-corrected chi connectivity index (χ1v) is 10.1. The van der Waals surface area contributed by atoms with E-state index < -0.39 is 0 Å². The summed E-state index contributed by atoms with van der Waals surface area (Å²) in [7, 11) is 4.63. The normalized spacial score (nSPS) is 10.7. The number of halogens is 2. The van der Waals surface area contributed by atoms with Gasteiger partial charge in [0.1, 0.15) is 5.75 Å². The van der Waals surface area contributed by atoms with Crippen LogP contribution in [-0.4, -0.2) is 43.9 Å². The van der Waals surface area contributed by atoms with Crippen LogP contribution in [0.5, 0.6) is 23.0 Å². The van der Waals surface area contributed by atoms with E-state index in [2.05, 4.69) is 10.2 Å². The Morgan fingerprint density at radius 1 is 0.931 bits per heavy atom. The molecule has 29 heavy (non-hydrogen) atoms. The Hall–Kier alpha value is -2.29. The maximum absolute atomic E-state index is 6.08. The molecule has 0 aliphatic carbocycles. The van der Waals surface area contributed by atoms with Crippen molar-refractivity contribution in [2.45, 2.75) is 5.22 Å². The molecule has 2 aromatic carbocycles. The molecule has 0 radical (unpaired) electrons. The third-order valence-electron chi connectivity index (χ3n) is 3.78. The van der Waals surface area contributed by atoms with Crippen LogP contribution < -0.4 is 18.9 Å². The minimum atomic E-state index is 0.341. The van der Waals surface area contributed by atoms with Crippen molar-refractivity contribution in [3.8, 4) is 34.5 Å². The Bertz CT molecular complexity index is 958. The number of benzene rings is 2. The molecule has 1 aromatic heterocycles. The van der Waals surface area contributed by atoms with Gasteiger partial charge in [-0.2, -0.15) is 0 Å². The Morgan fingerprint density at radius 3 is 2.28 bits per heavy atom. The first-order valence-electron chi connectivity index (χ1n) is 8.40. The van der Waals surface area contributed by atoms with E-state index in [0.29, 0.717) is 62.1 Å². The van der Waals surface area contributed by atoms with E-state index in [4.69, 9.17) is 46.6 Å². The van der Waals surface area contributed by atoms with Crippen molar-refractivity contribution in [1.29, 1.82) is 0 Å². The first kappa shape index (κ1) is 21.4. The number of hydrogen-bond donors (Lipinski definition) is 0. The number of thioether (sulfide) groups is 1. The van der Waals surface area contributed by atoms with Gasteiger partial charge >= 0.3 is 0 Å². The number of hydrogen-bond acceptors (Lipinski definition) is 8. The highest BCUT2D eigenvalue weighted by atomic mass is 35.5. The van der Waals surface area contributed by atoms with Crippen molar-refractivity contribution in [2.75, 3.05) is 33.7 Å². The topological polar surface area (TPSA) is 75.8 Å². The summed E-state index contributed by atoms with van der Waals surface area (Å²) in [5.41, 5.74) is 0.656. The van der Waals surface area contributed by atoms with Crippen LogP contribution in [0.2, 0.25) is 10.0 Å².